The maximum atomic E-state index is 10.7. The molecule has 0 bridgehead atoms. The standard InChI is InChI=1S/C11H14ClNO4/c1-3-11(2,14)7-17-10-6-8(12)4-5-9(10)13(15)16/h4-6,14H,3,7H2,1-2H3. The zero-order valence-electron chi connectivity index (χ0n) is 9.64. The van der Waals surface area contributed by atoms with Crippen molar-refractivity contribution in [3.8, 4) is 5.75 Å². The highest BCUT2D eigenvalue weighted by Crippen LogP contribution is 2.30. The Balaban J connectivity index is 2.89. The van der Waals surface area contributed by atoms with Crippen molar-refractivity contribution in [3.05, 3.63) is 33.3 Å². The van der Waals surface area contributed by atoms with Crippen LogP contribution < -0.4 is 4.74 Å². The lowest BCUT2D eigenvalue weighted by Gasteiger charge is -2.21. The van der Waals surface area contributed by atoms with Gasteiger partial charge in [-0.2, -0.15) is 0 Å². The molecule has 5 nitrogen and oxygen atoms in total. The number of rotatable bonds is 5. The Kier molecular flexibility index (Phi) is 4.31. The first kappa shape index (κ1) is 13.7. The third kappa shape index (κ3) is 3.87. The molecule has 1 aromatic carbocycles. The normalized spacial score (nSPS) is 14.1. The van der Waals surface area contributed by atoms with Gasteiger partial charge in [-0.3, -0.25) is 10.1 Å². The third-order valence-corrected chi connectivity index (χ3v) is 2.65. The summed E-state index contributed by atoms with van der Waals surface area (Å²) in [4.78, 5) is 10.2. The molecule has 1 unspecified atom stereocenters. The molecule has 0 saturated carbocycles. The van der Waals surface area contributed by atoms with E-state index in [-0.39, 0.29) is 18.0 Å². The lowest BCUT2D eigenvalue weighted by Crippen LogP contribution is -2.31. The zero-order chi connectivity index (χ0) is 13.1. The van der Waals surface area contributed by atoms with Gasteiger partial charge in [-0.15, -0.1) is 0 Å². The average Bonchev–Trinajstić information content (AvgIpc) is 2.26. The number of halogens is 1. The Bertz CT molecular complexity index is 420. The topological polar surface area (TPSA) is 72.6 Å². The largest absolute Gasteiger partial charge is 0.484 e. The second-order valence-electron chi connectivity index (χ2n) is 4.01. The summed E-state index contributed by atoms with van der Waals surface area (Å²) < 4.78 is 5.26. The van der Waals surface area contributed by atoms with Crippen LogP contribution in [0.2, 0.25) is 5.02 Å². The van der Waals surface area contributed by atoms with E-state index in [1.807, 2.05) is 0 Å². The predicted octanol–water partition coefficient (Wildman–Crippen LogP) is 2.79. The summed E-state index contributed by atoms with van der Waals surface area (Å²) in [6.45, 7) is 3.38. The van der Waals surface area contributed by atoms with E-state index in [0.717, 1.165) is 0 Å². The lowest BCUT2D eigenvalue weighted by atomic mass is 10.1. The highest BCUT2D eigenvalue weighted by atomic mass is 35.5. The van der Waals surface area contributed by atoms with Gasteiger partial charge in [0.1, 0.15) is 6.61 Å². The van der Waals surface area contributed by atoms with Crippen LogP contribution in [0.1, 0.15) is 20.3 Å². The molecule has 1 aromatic rings. The monoisotopic (exact) mass is 259 g/mol. The Hall–Kier alpha value is -1.33. The van der Waals surface area contributed by atoms with Crippen LogP contribution in [-0.4, -0.2) is 22.2 Å². The second-order valence-corrected chi connectivity index (χ2v) is 4.44. The van der Waals surface area contributed by atoms with Crippen LogP contribution in [0, 0.1) is 10.1 Å². The number of nitro groups is 1. The van der Waals surface area contributed by atoms with Crippen LogP contribution in [0.5, 0.6) is 5.75 Å². The molecule has 0 aliphatic rings. The minimum absolute atomic E-state index is 0.0231. The Labute approximate surface area is 104 Å². The number of hydrogen-bond donors (Lipinski definition) is 1. The molecule has 0 saturated heterocycles. The average molecular weight is 260 g/mol. The molecule has 1 rings (SSSR count). The fourth-order valence-corrected chi connectivity index (χ4v) is 1.25. The van der Waals surface area contributed by atoms with Crippen molar-refractivity contribution in [2.45, 2.75) is 25.9 Å². The van der Waals surface area contributed by atoms with Gasteiger partial charge in [0, 0.05) is 17.2 Å². The molecule has 0 heterocycles. The number of nitro benzene ring substituents is 1. The second kappa shape index (κ2) is 5.33. The fourth-order valence-electron chi connectivity index (χ4n) is 1.09. The molecular formula is C11H14ClNO4. The molecule has 0 radical (unpaired) electrons. The van der Waals surface area contributed by atoms with Crippen LogP contribution in [-0.2, 0) is 0 Å². The van der Waals surface area contributed by atoms with Gasteiger partial charge in [-0.05, 0) is 19.4 Å². The summed E-state index contributed by atoms with van der Waals surface area (Å²) >= 11 is 5.74. The first-order chi connectivity index (χ1) is 7.85. The van der Waals surface area contributed by atoms with Crippen molar-refractivity contribution in [1.82, 2.24) is 0 Å². The molecule has 1 atom stereocenters. The highest BCUT2D eigenvalue weighted by Gasteiger charge is 2.22. The van der Waals surface area contributed by atoms with E-state index < -0.39 is 10.5 Å². The molecule has 6 heteroatoms. The maximum Gasteiger partial charge on any atom is 0.311 e. The van der Waals surface area contributed by atoms with Crippen LogP contribution >= 0.6 is 11.6 Å². The fraction of sp³-hybridized carbons (Fsp3) is 0.455. The first-order valence-corrected chi connectivity index (χ1v) is 5.52. The number of aliphatic hydroxyl groups is 1. The Morgan fingerprint density at radius 2 is 2.24 bits per heavy atom. The van der Waals surface area contributed by atoms with Gasteiger partial charge in [0.2, 0.25) is 0 Å². The SMILES string of the molecule is CCC(C)(O)COc1cc(Cl)ccc1[N+](=O)[O-]. The molecule has 17 heavy (non-hydrogen) atoms. The minimum Gasteiger partial charge on any atom is -0.484 e. The predicted molar refractivity (Wildman–Crippen MR) is 64.5 cm³/mol. The Morgan fingerprint density at radius 1 is 1.59 bits per heavy atom. The molecule has 94 valence electrons. The van der Waals surface area contributed by atoms with E-state index in [2.05, 4.69) is 0 Å². The first-order valence-electron chi connectivity index (χ1n) is 5.15. The van der Waals surface area contributed by atoms with Gasteiger partial charge in [-0.1, -0.05) is 18.5 Å². The molecular weight excluding hydrogens is 246 g/mol. The van der Waals surface area contributed by atoms with E-state index in [1.54, 1.807) is 13.8 Å². The molecule has 1 N–H and O–H groups in total. The van der Waals surface area contributed by atoms with Gasteiger partial charge in [-0.25, -0.2) is 0 Å². The zero-order valence-corrected chi connectivity index (χ0v) is 10.4. The number of hydrogen-bond acceptors (Lipinski definition) is 4. The van der Waals surface area contributed by atoms with Crippen LogP contribution in [0.3, 0.4) is 0 Å². The molecule has 0 amide bonds. The quantitative estimate of drug-likeness (QED) is 0.652. The summed E-state index contributed by atoms with van der Waals surface area (Å²) in [6.07, 6.45) is 0.487. The smallest absolute Gasteiger partial charge is 0.311 e. The van der Waals surface area contributed by atoms with Crippen LogP contribution in [0.15, 0.2) is 18.2 Å². The number of nitrogens with zero attached hydrogens (tertiary/aromatic N) is 1. The summed E-state index contributed by atoms with van der Waals surface area (Å²) in [5.41, 5.74) is -1.18. The van der Waals surface area contributed by atoms with Crippen molar-refractivity contribution < 1.29 is 14.8 Å². The number of benzene rings is 1. The maximum absolute atomic E-state index is 10.7. The van der Waals surface area contributed by atoms with Crippen LogP contribution in [0.25, 0.3) is 0 Å². The molecule has 0 fully saturated rings. The molecule has 0 aromatic heterocycles. The molecule has 0 aliphatic heterocycles. The number of ether oxygens (including phenoxy) is 1. The van der Waals surface area contributed by atoms with Crippen molar-refractivity contribution in [2.75, 3.05) is 6.61 Å². The van der Waals surface area contributed by atoms with E-state index >= 15 is 0 Å². The van der Waals surface area contributed by atoms with Gasteiger partial charge in [0.25, 0.3) is 0 Å². The van der Waals surface area contributed by atoms with Crippen molar-refractivity contribution in [1.29, 1.82) is 0 Å². The highest BCUT2D eigenvalue weighted by molar-refractivity contribution is 6.30. The van der Waals surface area contributed by atoms with Gasteiger partial charge in [0.15, 0.2) is 5.75 Å². The van der Waals surface area contributed by atoms with Crippen molar-refractivity contribution in [2.24, 2.45) is 0 Å². The van der Waals surface area contributed by atoms with Gasteiger partial charge < -0.3 is 9.84 Å². The van der Waals surface area contributed by atoms with E-state index in [4.69, 9.17) is 16.3 Å². The van der Waals surface area contributed by atoms with Crippen molar-refractivity contribution >= 4 is 17.3 Å². The summed E-state index contributed by atoms with van der Waals surface area (Å²) in [5, 5.41) is 20.9. The molecule has 0 spiro atoms. The van der Waals surface area contributed by atoms with E-state index in [9.17, 15) is 15.2 Å². The minimum atomic E-state index is -1.02. The van der Waals surface area contributed by atoms with E-state index in [1.165, 1.54) is 18.2 Å². The Morgan fingerprint density at radius 3 is 2.76 bits per heavy atom. The van der Waals surface area contributed by atoms with Crippen molar-refractivity contribution in [3.63, 3.8) is 0 Å². The van der Waals surface area contributed by atoms with Crippen LogP contribution in [0.4, 0.5) is 5.69 Å². The third-order valence-electron chi connectivity index (χ3n) is 2.42. The lowest BCUT2D eigenvalue weighted by molar-refractivity contribution is -0.386. The summed E-state index contributed by atoms with van der Waals surface area (Å²) in [7, 11) is 0. The molecule has 0 aliphatic carbocycles. The van der Waals surface area contributed by atoms with Gasteiger partial charge >= 0.3 is 5.69 Å². The summed E-state index contributed by atoms with van der Waals surface area (Å²) in [5.74, 6) is 0.0659. The summed E-state index contributed by atoms with van der Waals surface area (Å²) in [6, 6.07) is 4.06. The van der Waals surface area contributed by atoms with E-state index in [0.29, 0.717) is 11.4 Å². The van der Waals surface area contributed by atoms with Gasteiger partial charge in [0.05, 0.1) is 10.5 Å².